The quantitative estimate of drug-likeness (QED) is 0.646. The number of carbonyl (C=O) groups is 1. The number of ether oxygens (including phenoxy) is 2. The maximum Gasteiger partial charge on any atom is 0.323 e. The third-order valence-corrected chi connectivity index (χ3v) is 2.33. The molecular weight excluding hydrogens is 170 g/mol. The summed E-state index contributed by atoms with van der Waals surface area (Å²) < 4.78 is 10.0. The number of carbonyl (C=O) groups excluding carboxylic acids is 1. The maximum atomic E-state index is 11.3. The van der Waals surface area contributed by atoms with E-state index in [1.165, 1.54) is 0 Å². The molecule has 0 aliphatic carbocycles. The molecule has 13 heavy (non-hydrogen) atoms. The Balaban J connectivity index is 2.35. The average molecular weight is 187 g/mol. The van der Waals surface area contributed by atoms with Crippen LogP contribution in [0.15, 0.2) is 0 Å². The lowest BCUT2D eigenvalue weighted by atomic mass is 9.92. The van der Waals surface area contributed by atoms with Crippen LogP contribution in [0.5, 0.6) is 0 Å². The molecule has 1 aliphatic heterocycles. The Morgan fingerprint density at radius 1 is 1.62 bits per heavy atom. The Bertz CT molecular complexity index is 166. The molecule has 0 bridgehead atoms. The van der Waals surface area contributed by atoms with Crippen LogP contribution in [0.3, 0.4) is 0 Å². The predicted molar refractivity (Wildman–Crippen MR) is 48.2 cm³/mol. The van der Waals surface area contributed by atoms with Crippen molar-refractivity contribution >= 4 is 5.97 Å². The molecule has 1 heterocycles. The van der Waals surface area contributed by atoms with Gasteiger partial charge in [0.05, 0.1) is 6.61 Å². The summed E-state index contributed by atoms with van der Waals surface area (Å²) >= 11 is 0. The van der Waals surface area contributed by atoms with E-state index in [0.29, 0.717) is 19.8 Å². The normalized spacial score (nSPS) is 21.1. The van der Waals surface area contributed by atoms with Crippen LogP contribution in [0.25, 0.3) is 0 Å². The van der Waals surface area contributed by atoms with Crippen LogP contribution < -0.4 is 5.73 Å². The van der Waals surface area contributed by atoms with Gasteiger partial charge in [0.2, 0.25) is 0 Å². The number of esters is 1. The maximum absolute atomic E-state index is 11.3. The summed E-state index contributed by atoms with van der Waals surface area (Å²) in [4.78, 5) is 11.3. The van der Waals surface area contributed by atoms with Gasteiger partial charge in [-0.25, -0.2) is 0 Å². The van der Waals surface area contributed by atoms with Crippen molar-refractivity contribution in [1.29, 1.82) is 0 Å². The van der Waals surface area contributed by atoms with Crippen LogP contribution in [-0.4, -0.2) is 31.8 Å². The van der Waals surface area contributed by atoms with Gasteiger partial charge in [-0.1, -0.05) is 0 Å². The molecule has 0 amide bonds. The summed E-state index contributed by atoms with van der Waals surface area (Å²) in [5, 5.41) is 0. The monoisotopic (exact) mass is 187 g/mol. The van der Waals surface area contributed by atoms with E-state index in [2.05, 4.69) is 0 Å². The zero-order chi connectivity index (χ0) is 9.68. The second kappa shape index (κ2) is 5.19. The van der Waals surface area contributed by atoms with Gasteiger partial charge in [0, 0.05) is 13.2 Å². The Hall–Kier alpha value is -0.610. The summed E-state index contributed by atoms with van der Waals surface area (Å²) in [5.74, 6) is -0.0535. The van der Waals surface area contributed by atoms with Gasteiger partial charge in [-0.3, -0.25) is 4.79 Å². The molecule has 0 aromatic heterocycles. The number of hydrogen-bond acceptors (Lipinski definition) is 4. The fourth-order valence-corrected chi connectivity index (χ4v) is 1.51. The third kappa shape index (κ3) is 2.97. The molecule has 0 radical (unpaired) electrons. The van der Waals surface area contributed by atoms with Gasteiger partial charge in [-0.05, 0) is 25.7 Å². The van der Waals surface area contributed by atoms with Crippen LogP contribution in [0.2, 0.25) is 0 Å². The minimum Gasteiger partial charge on any atom is -0.465 e. The highest BCUT2D eigenvalue weighted by Crippen LogP contribution is 2.18. The van der Waals surface area contributed by atoms with Gasteiger partial charge >= 0.3 is 5.97 Å². The zero-order valence-electron chi connectivity index (χ0n) is 7.99. The number of rotatable bonds is 3. The minimum atomic E-state index is -0.469. The molecule has 2 N–H and O–H groups in total. The van der Waals surface area contributed by atoms with Crippen LogP contribution in [-0.2, 0) is 14.3 Å². The van der Waals surface area contributed by atoms with E-state index in [4.69, 9.17) is 15.2 Å². The molecule has 1 aliphatic rings. The highest BCUT2D eigenvalue weighted by Gasteiger charge is 2.27. The van der Waals surface area contributed by atoms with Gasteiger partial charge in [0.1, 0.15) is 6.04 Å². The van der Waals surface area contributed by atoms with Crippen molar-refractivity contribution < 1.29 is 14.3 Å². The van der Waals surface area contributed by atoms with Crippen molar-refractivity contribution in [3.8, 4) is 0 Å². The Kier molecular flexibility index (Phi) is 4.18. The highest BCUT2D eigenvalue weighted by molar-refractivity contribution is 5.75. The van der Waals surface area contributed by atoms with E-state index in [1.807, 2.05) is 0 Å². The molecular formula is C9H17NO3. The van der Waals surface area contributed by atoms with E-state index in [1.54, 1.807) is 6.92 Å². The van der Waals surface area contributed by atoms with Crippen molar-refractivity contribution in [2.45, 2.75) is 25.8 Å². The fraction of sp³-hybridized carbons (Fsp3) is 0.889. The second-order valence-corrected chi connectivity index (χ2v) is 3.23. The number of hydrogen-bond donors (Lipinski definition) is 1. The number of nitrogens with two attached hydrogens (primary N) is 1. The largest absolute Gasteiger partial charge is 0.465 e. The Morgan fingerprint density at radius 2 is 2.23 bits per heavy atom. The first-order valence-electron chi connectivity index (χ1n) is 4.75. The van der Waals surface area contributed by atoms with Crippen LogP contribution in [0.1, 0.15) is 19.8 Å². The summed E-state index contributed by atoms with van der Waals surface area (Å²) in [7, 11) is 0. The van der Waals surface area contributed by atoms with E-state index >= 15 is 0 Å². The summed E-state index contributed by atoms with van der Waals surface area (Å²) in [6.45, 7) is 3.60. The van der Waals surface area contributed by atoms with Crippen molar-refractivity contribution in [2.24, 2.45) is 11.7 Å². The molecule has 1 fully saturated rings. The molecule has 4 heteroatoms. The first-order chi connectivity index (χ1) is 6.25. The van der Waals surface area contributed by atoms with Crippen LogP contribution >= 0.6 is 0 Å². The zero-order valence-corrected chi connectivity index (χ0v) is 7.99. The van der Waals surface area contributed by atoms with Crippen LogP contribution in [0.4, 0.5) is 0 Å². The molecule has 0 aromatic carbocycles. The Labute approximate surface area is 78.4 Å². The summed E-state index contributed by atoms with van der Waals surface area (Å²) in [6, 6.07) is -0.469. The van der Waals surface area contributed by atoms with Gasteiger partial charge in [-0.2, -0.15) is 0 Å². The third-order valence-electron chi connectivity index (χ3n) is 2.33. The van der Waals surface area contributed by atoms with Crippen molar-refractivity contribution in [3.05, 3.63) is 0 Å². The van der Waals surface area contributed by atoms with E-state index in [-0.39, 0.29) is 11.9 Å². The molecule has 0 aromatic rings. The smallest absolute Gasteiger partial charge is 0.323 e. The first kappa shape index (κ1) is 10.5. The summed E-state index contributed by atoms with van der Waals surface area (Å²) in [6.07, 6.45) is 1.72. The van der Waals surface area contributed by atoms with Crippen LogP contribution in [0, 0.1) is 5.92 Å². The van der Waals surface area contributed by atoms with Gasteiger partial charge < -0.3 is 15.2 Å². The lowest BCUT2D eigenvalue weighted by Crippen LogP contribution is -2.41. The van der Waals surface area contributed by atoms with E-state index in [0.717, 1.165) is 12.8 Å². The fourth-order valence-electron chi connectivity index (χ4n) is 1.51. The van der Waals surface area contributed by atoms with Crippen molar-refractivity contribution in [1.82, 2.24) is 0 Å². The lowest BCUT2D eigenvalue weighted by Gasteiger charge is -2.25. The molecule has 1 saturated heterocycles. The molecule has 76 valence electrons. The standard InChI is InChI=1S/C9H17NO3/c1-2-13-9(11)8(10)7-3-5-12-6-4-7/h7-8H,2-6,10H2,1H3/t8-/m0/s1. The molecule has 0 saturated carbocycles. The SMILES string of the molecule is CCOC(=O)[C@@H](N)C1CCOCC1. The molecule has 0 spiro atoms. The second-order valence-electron chi connectivity index (χ2n) is 3.23. The van der Waals surface area contributed by atoms with E-state index < -0.39 is 6.04 Å². The molecule has 1 rings (SSSR count). The summed E-state index contributed by atoms with van der Waals surface area (Å²) in [5.41, 5.74) is 5.75. The van der Waals surface area contributed by atoms with Gasteiger partial charge in [-0.15, -0.1) is 0 Å². The first-order valence-corrected chi connectivity index (χ1v) is 4.75. The molecule has 1 atom stereocenters. The Morgan fingerprint density at radius 3 is 2.77 bits per heavy atom. The van der Waals surface area contributed by atoms with E-state index in [9.17, 15) is 4.79 Å². The molecule has 4 nitrogen and oxygen atoms in total. The minimum absolute atomic E-state index is 0.229. The van der Waals surface area contributed by atoms with Gasteiger partial charge in [0.25, 0.3) is 0 Å². The van der Waals surface area contributed by atoms with Crippen molar-refractivity contribution in [3.63, 3.8) is 0 Å². The van der Waals surface area contributed by atoms with Crippen molar-refractivity contribution in [2.75, 3.05) is 19.8 Å². The average Bonchev–Trinajstić information content (AvgIpc) is 2.18. The predicted octanol–water partition coefficient (Wildman–Crippen LogP) is 0.303. The topological polar surface area (TPSA) is 61.5 Å². The molecule has 0 unspecified atom stereocenters. The highest BCUT2D eigenvalue weighted by atomic mass is 16.5. The lowest BCUT2D eigenvalue weighted by molar-refractivity contribution is -0.146. The van der Waals surface area contributed by atoms with Gasteiger partial charge in [0.15, 0.2) is 0 Å².